The van der Waals surface area contributed by atoms with Gasteiger partial charge in [0.05, 0.1) is 11.5 Å². The van der Waals surface area contributed by atoms with Crippen molar-refractivity contribution in [2.24, 2.45) is 5.28 Å². The fraction of sp³-hybridized carbons (Fsp3) is 0.800. The van der Waals surface area contributed by atoms with Crippen molar-refractivity contribution in [2.45, 2.75) is 18.9 Å². The Morgan fingerprint density at radius 1 is 1.57 bits per heavy atom. The molecule has 0 saturated carbocycles. The molecule has 1 unspecified atom stereocenters. The zero-order valence-electron chi connectivity index (χ0n) is 6.25. The van der Waals surface area contributed by atoms with Gasteiger partial charge in [-0.1, -0.05) is 0 Å². The Balaban J connectivity index is 0. The fourth-order valence-corrected chi connectivity index (χ4v) is 1.26. The van der Waals surface area contributed by atoms with Crippen molar-refractivity contribution in [1.82, 2.24) is 5.01 Å². The number of hydrazine groups is 1. The van der Waals surface area contributed by atoms with E-state index in [2.05, 4.69) is 5.28 Å². The molecular formula is C5H11N3Na2O4. The maximum absolute atomic E-state index is 10.7. The molecule has 0 aliphatic carbocycles. The van der Waals surface area contributed by atoms with E-state index in [1.54, 1.807) is 0 Å². The Labute approximate surface area is 125 Å². The molecule has 72 valence electrons. The SMILES string of the molecule is O=C(O)C1CCCN1[N+]([O-])=NO.[NaH].[NaH]. The maximum atomic E-state index is 10.7. The number of aliphatic carboxylic acids is 1. The third-order valence-corrected chi connectivity index (χ3v) is 1.81. The van der Waals surface area contributed by atoms with Gasteiger partial charge in [0.1, 0.15) is 0 Å². The first-order valence-electron chi connectivity index (χ1n) is 3.48. The first-order valence-corrected chi connectivity index (χ1v) is 3.48. The van der Waals surface area contributed by atoms with Gasteiger partial charge in [0.2, 0.25) is 5.28 Å². The quantitative estimate of drug-likeness (QED) is 0.257. The number of carboxylic acids is 1. The van der Waals surface area contributed by atoms with Gasteiger partial charge in [0.25, 0.3) is 0 Å². The van der Waals surface area contributed by atoms with E-state index in [0.29, 0.717) is 19.4 Å². The topological polar surface area (TPSA) is 99.2 Å². The van der Waals surface area contributed by atoms with Crippen LogP contribution in [0.25, 0.3) is 0 Å². The first-order chi connectivity index (χ1) is 5.66. The van der Waals surface area contributed by atoms with E-state index in [9.17, 15) is 10.0 Å². The Kier molecular flexibility index (Phi) is 9.31. The van der Waals surface area contributed by atoms with Crippen LogP contribution in [0.4, 0.5) is 0 Å². The summed E-state index contributed by atoms with van der Waals surface area (Å²) in [4.78, 5) is 10.4. The summed E-state index contributed by atoms with van der Waals surface area (Å²) in [6.07, 6.45) is 1.02. The van der Waals surface area contributed by atoms with Crippen molar-refractivity contribution in [1.29, 1.82) is 0 Å². The van der Waals surface area contributed by atoms with Crippen LogP contribution in [0.5, 0.6) is 0 Å². The van der Waals surface area contributed by atoms with E-state index in [4.69, 9.17) is 10.3 Å². The van der Waals surface area contributed by atoms with Crippen LogP contribution in [0.3, 0.4) is 0 Å². The number of carbonyl (C=O) groups is 1. The van der Waals surface area contributed by atoms with Gasteiger partial charge in [-0.05, 0) is 12.8 Å². The minimum absolute atomic E-state index is 0. The average Bonchev–Trinajstić information content (AvgIpc) is 2.50. The molecule has 0 aromatic heterocycles. The molecule has 1 fully saturated rings. The van der Waals surface area contributed by atoms with Gasteiger partial charge in [-0.3, -0.25) is 0 Å². The molecular weight excluding hydrogens is 212 g/mol. The van der Waals surface area contributed by atoms with Gasteiger partial charge in [0, 0.05) is 0 Å². The second-order valence-corrected chi connectivity index (χ2v) is 2.50. The summed E-state index contributed by atoms with van der Waals surface area (Å²) < 4.78 is 0. The molecule has 1 aliphatic heterocycles. The third-order valence-electron chi connectivity index (χ3n) is 1.81. The van der Waals surface area contributed by atoms with Crippen LogP contribution in [0.1, 0.15) is 12.8 Å². The molecule has 0 aromatic rings. The number of rotatable bonds is 2. The van der Waals surface area contributed by atoms with E-state index in [1.165, 1.54) is 0 Å². The molecule has 1 atom stereocenters. The predicted octanol–water partition coefficient (Wildman–Crippen LogP) is -1.49. The second-order valence-electron chi connectivity index (χ2n) is 2.50. The van der Waals surface area contributed by atoms with Crippen molar-refractivity contribution in [3.63, 3.8) is 0 Å². The fourth-order valence-electron chi connectivity index (χ4n) is 1.26. The molecule has 0 amide bonds. The summed E-state index contributed by atoms with van der Waals surface area (Å²) in [6, 6.07) is -0.863. The predicted molar refractivity (Wildman–Crippen MR) is 49.5 cm³/mol. The summed E-state index contributed by atoms with van der Waals surface area (Å²) in [5, 5.41) is 30.7. The van der Waals surface area contributed by atoms with E-state index >= 15 is 0 Å². The van der Waals surface area contributed by atoms with E-state index in [1.807, 2.05) is 0 Å². The van der Waals surface area contributed by atoms with Crippen LogP contribution >= 0.6 is 0 Å². The van der Waals surface area contributed by atoms with Crippen LogP contribution in [-0.2, 0) is 4.79 Å². The molecule has 0 radical (unpaired) electrons. The Morgan fingerprint density at radius 3 is 2.57 bits per heavy atom. The van der Waals surface area contributed by atoms with Crippen molar-refractivity contribution >= 4 is 65.1 Å². The Morgan fingerprint density at radius 2 is 2.14 bits per heavy atom. The number of hydrogen-bond donors (Lipinski definition) is 2. The van der Waals surface area contributed by atoms with Gasteiger partial charge in [0.15, 0.2) is 6.04 Å². The third kappa shape index (κ3) is 3.92. The number of carboxylic acid groups (broad SMARTS) is 1. The van der Waals surface area contributed by atoms with Crippen molar-refractivity contribution in [3.05, 3.63) is 5.21 Å². The van der Waals surface area contributed by atoms with Gasteiger partial charge in [-0.25, -0.2) is 4.79 Å². The first kappa shape index (κ1) is 16.9. The second kappa shape index (κ2) is 7.72. The summed E-state index contributed by atoms with van der Waals surface area (Å²) in [7, 11) is 0. The monoisotopic (exact) mass is 223 g/mol. The molecule has 0 spiro atoms. The summed E-state index contributed by atoms with van der Waals surface area (Å²) >= 11 is 0. The van der Waals surface area contributed by atoms with Crippen molar-refractivity contribution in [2.75, 3.05) is 6.54 Å². The number of hydrogen-bond acceptors (Lipinski definition) is 3. The van der Waals surface area contributed by atoms with Gasteiger partial charge < -0.3 is 15.5 Å². The van der Waals surface area contributed by atoms with E-state index in [0.717, 1.165) is 5.01 Å². The molecule has 1 saturated heterocycles. The Bertz CT molecular complexity index is 225. The van der Waals surface area contributed by atoms with Crippen LogP contribution in [-0.4, -0.2) is 98.0 Å². The summed E-state index contributed by atoms with van der Waals surface area (Å²) in [5.41, 5.74) is 0. The van der Waals surface area contributed by atoms with Gasteiger partial charge >= 0.3 is 65.1 Å². The number of nitrogens with zero attached hydrogens (tertiary/aromatic N) is 3. The van der Waals surface area contributed by atoms with Crippen molar-refractivity contribution in [3.8, 4) is 0 Å². The molecule has 7 nitrogen and oxygen atoms in total. The van der Waals surface area contributed by atoms with E-state index in [-0.39, 0.29) is 64.1 Å². The van der Waals surface area contributed by atoms with Gasteiger partial charge in [-0.2, -0.15) is 0 Å². The molecule has 1 aliphatic rings. The summed E-state index contributed by atoms with van der Waals surface area (Å²) in [6.45, 7) is 0.310. The molecule has 2 N–H and O–H groups in total. The van der Waals surface area contributed by atoms with Crippen LogP contribution in [0.15, 0.2) is 5.28 Å². The molecule has 1 rings (SSSR count). The van der Waals surface area contributed by atoms with E-state index < -0.39 is 12.0 Å². The van der Waals surface area contributed by atoms with Crippen LogP contribution < -0.4 is 0 Å². The molecule has 0 bridgehead atoms. The molecule has 1 heterocycles. The van der Waals surface area contributed by atoms with Crippen LogP contribution in [0.2, 0.25) is 0 Å². The van der Waals surface area contributed by atoms with Crippen molar-refractivity contribution < 1.29 is 20.1 Å². The Hall–Kier alpha value is 0.470. The van der Waals surface area contributed by atoms with Gasteiger partial charge in [-0.15, -0.1) is 5.01 Å². The normalized spacial score (nSPS) is 21.0. The standard InChI is InChI=1S/C5H9N3O4.2Na.2H/c9-5(10)4-2-1-3-7(4)8(12)6-11;;;;/h4,11H,1-3H2,(H,9,10);;;;. The molecule has 0 aromatic carbocycles. The zero-order valence-corrected chi connectivity index (χ0v) is 6.25. The zero-order chi connectivity index (χ0) is 9.14. The average molecular weight is 223 g/mol. The van der Waals surface area contributed by atoms with Crippen LogP contribution in [0, 0.1) is 5.21 Å². The molecule has 14 heavy (non-hydrogen) atoms. The molecule has 9 heteroatoms. The summed E-state index contributed by atoms with van der Waals surface area (Å²) in [5.74, 6) is -1.07. The minimum atomic E-state index is -1.07.